The van der Waals surface area contributed by atoms with E-state index >= 15 is 0 Å². The molecule has 0 aliphatic heterocycles. The molecule has 4 aromatic rings. The number of hydrogen-bond acceptors (Lipinski definition) is 2. The molecular weight excluding hydrogens is 318 g/mol. The van der Waals surface area contributed by atoms with Crippen molar-refractivity contribution in [2.45, 2.75) is 13.8 Å². The first-order valence-electron chi connectivity index (χ1n) is 8.77. The number of aryl methyl sites for hydroxylation is 2. The summed E-state index contributed by atoms with van der Waals surface area (Å²) >= 11 is 0. The number of benzene rings is 3. The minimum absolute atomic E-state index is 0.868. The third kappa shape index (κ3) is 2.84. The van der Waals surface area contributed by atoms with E-state index in [9.17, 15) is 0 Å². The van der Waals surface area contributed by atoms with Crippen LogP contribution in [0.25, 0.3) is 33.2 Å². The van der Waals surface area contributed by atoms with Crippen molar-refractivity contribution in [1.82, 2.24) is 4.98 Å². The van der Waals surface area contributed by atoms with Crippen LogP contribution in [0.4, 0.5) is 0 Å². The molecule has 0 aliphatic rings. The molecule has 2 nitrogen and oxygen atoms in total. The van der Waals surface area contributed by atoms with Crippen molar-refractivity contribution in [2.75, 3.05) is 7.11 Å². The van der Waals surface area contributed by atoms with E-state index in [1.54, 1.807) is 7.11 Å². The van der Waals surface area contributed by atoms with Crippen LogP contribution in [0.2, 0.25) is 0 Å². The number of methoxy groups -OCH3 is 1. The number of hydrogen-bond donors (Lipinski definition) is 0. The van der Waals surface area contributed by atoms with Crippen LogP contribution in [-0.2, 0) is 0 Å². The first-order valence-corrected chi connectivity index (χ1v) is 8.77. The van der Waals surface area contributed by atoms with E-state index in [-0.39, 0.29) is 0 Å². The largest absolute Gasteiger partial charge is 0.495 e. The monoisotopic (exact) mass is 339 g/mol. The summed E-state index contributed by atoms with van der Waals surface area (Å²) in [6.45, 7) is 4.19. The first-order chi connectivity index (χ1) is 12.7. The van der Waals surface area contributed by atoms with Gasteiger partial charge in [-0.1, -0.05) is 71.8 Å². The topological polar surface area (TPSA) is 22.1 Å². The molecule has 0 amide bonds. The number of nitrogens with zero attached hydrogens (tertiary/aromatic N) is 1. The van der Waals surface area contributed by atoms with Crippen molar-refractivity contribution < 1.29 is 4.74 Å². The Hall–Kier alpha value is -3.13. The van der Waals surface area contributed by atoms with Crippen LogP contribution in [-0.4, -0.2) is 12.1 Å². The number of pyridine rings is 1. The molecule has 0 saturated carbocycles. The molecule has 0 unspecified atom stereocenters. The lowest BCUT2D eigenvalue weighted by Crippen LogP contribution is -1.94. The van der Waals surface area contributed by atoms with Crippen LogP contribution < -0.4 is 4.74 Å². The van der Waals surface area contributed by atoms with Gasteiger partial charge in [-0.05, 0) is 31.0 Å². The maximum Gasteiger partial charge on any atom is 0.137 e. The van der Waals surface area contributed by atoms with E-state index < -0.39 is 0 Å². The maximum absolute atomic E-state index is 5.81. The zero-order chi connectivity index (χ0) is 18.1. The summed E-state index contributed by atoms with van der Waals surface area (Å²) in [5, 5.41) is 1.03. The predicted octanol–water partition coefficient (Wildman–Crippen LogP) is 6.19. The van der Waals surface area contributed by atoms with Gasteiger partial charge in [0.25, 0.3) is 0 Å². The summed E-state index contributed by atoms with van der Waals surface area (Å²) in [5.74, 6) is 0.868. The van der Waals surface area contributed by atoms with E-state index in [0.717, 1.165) is 33.3 Å². The van der Waals surface area contributed by atoms with Crippen molar-refractivity contribution in [3.8, 4) is 28.0 Å². The number of ether oxygens (including phenoxy) is 1. The first kappa shape index (κ1) is 16.3. The molecule has 0 fully saturated rings. The third-order valence-corrected chi connectivity index (χ3v) is 4.78. The van der Waals surface area contributed by atoms with Gasteiger partial charge in [0.05, 0.1) is 12.6 Å². The number of para-hydroxylation sites is 1. The van der Waals surface area contributed by atoms with Crippen molar-refractivity contribution >= 4 is 10.9 Å². The highest BCUT2D eigenvalue weighted by Gasteiger charge is 2.14. The minimum Gasteiger partial charge on any atom is -0.495 e. The van der Waals surface area contributed by atoms with Gasteiger partial charge in [0.1, 0.15) is 5.75 Å². The highest BCUT2D eigenvalue weighted by Crippen LogP contribution is 2.38. The standard InChI is InChI=1S/C24H21NO/c1-16-7-11-18(12-8-16)20-5-4-6-21-23(20)25-15-22(24(21)26-3)19-13-9-17(2)10-14-19/h4-15H,1-3H3. The van der Waals surface area contributed by atoms with Crippen LogP contribution in [0, 0.1) is 13.8 Å². The fourth-order valence-corrected chi connectivity index (χ4v) is 3.32. The van der Waals surface area contributed by atoms with Crippen molar-refractivity contribution in [3.05, 3.63) is 84.1 Å². The summed E-state index contributed by atoms with van der Waals surface area (Å²) in [5.41, 5.74) is 7.87. The van der Waals surface area contributed by atoms with Gasteiger partial charge in [-0.3, -0.25) is 4.98 Å². The van der Waals surface area contributed by atoms with E-state index in [4.69, 9.17) is 9.72 Å². The smallest absolute Gasteiger partial charge is 0.137 e. The van der Waals surface area contributed by atoms with E-state index in [0.29, 0.717) is 0 Å². The Labute approximate surface area is 154 Å². The number of fused-ring (bicyclic) bond motifs is 1. The van der Waals surface area contributed by atoms with Crippen molar-refractivity contribution in [3.63, 3.8) is 0 Å². The summed E-state index contributed by atoms with van der Waals surface area (Å²) in [6.07, 6.45) is 1.92. The highest BCUT2D eigenvalue weighted by atomic mass is 16.5. The summed E-state index contributed by atoms with van der Waals surface area (Å²) in [6, 6.07) is 23.3. The van der Waals surface area contributed by atoms with Crippen molar-refractivity contribution in [1.29, 1.82) is 0 Å². The van der Waals surface area contributed by atoms with Gasteiger partial charge in [0.2, 0.25) is 0 Å². The lowest BCUT2D eigenvalue weighted by Gasteiger charge is -2.14. The molecule has 0 bridgehead atoms. The van der Waals surface area contributed by atoms with Crippen LogP contribution in [0.3, 0.4) is 0 Å². The molecule has 0 N–H and O–H groups in total. The normalized spacial score (nSPS) is 10.9. The summed E-state index contributed by atoms with van der Waals surface area (Å²) in [7, 11) is 1.73. The third-order valence-electron chi connectivity index (χ3n) is 4.78. The highest BCUT2D eigenvalue weighted by molar-refractivity contribution is 6.00. The summed E-state index contributed by atoms with van der Waals surface area (Å²) < 4.78 is 5.81. The second kappa shape index (κ2) is 6.64. The number of rotatable bonds is 3. The Morgan fingerprint density at radius 3 is 1.85 bits per heavy atom. The second-order valence-electron chi connectivity index (χ2n) is 6.64. The average molecular weight is 339 g/mol. The Bertz CT molecular complexity index is 1060. The van der Waals surface area contributed by atoms with Gasteiger partial charge in [-0.15, -0.1) is 0 Å². The molecule has 26 heavy (non-hydrogen) atoms. The number of aromatic nitrogens is 1. The zero-order valence-electron chi connectivity index (χ0n) is 15.3. The molecular formula is C24H21NO. The SMILES string of the molecule is COc1c(-c2ccc(C)cc2)cnc2c(-c3ccc(C)cc3)cccc12. The molecule has 0 spiro atoms. The van der Waals surface area contributed by atoms with Gasteiger partial charge in [0, 0.05) is 22.7 Å². The maximum atomic E-state index is 5.81. The van der Waals surface area contributed by atoms with Crippen LogP contribution >= 0.6 is 0 Å². The van der Waals surface area contributed by atoms with E-state index in [1.807, 2.05) is 6.20 Å². The molecule has 4 rings (SSSR count). The Kier molecular flexibility index (Phi) is 4.18. The molecule has 0 saturated heterocycles. The minimum atomic E-state index is 0.868. The van der Waals surface area contributed by atoms with Crippen LogP contribution in [0.5, 0.6) is 5.75 Å². The predicted molar refractivity (Wildman–Crippen MR) is 109 cm³/mol. The van der Waals surface area contributed by atoms with Gasteiger partial charge in [-0.2, -0.15) is 0 Å². The fourth-order valence-electron chi connectivity index (χ4n) is 3.32. The van der Waals surface area contributed by atoms with Crippen LogP contribution in [0.1, 0.15) is 11.1 Å². The molecule has 1 heterocycles. The molecule has 0 radical (unpaired) electrons. The average Bonchev–Trinajstić information content (AvgIpc) is 2.68. The molecule has 0 aliphatic carbocycles. The van der Waals surface area contributed by atoms with Gasteiger partial charge < -0.3 is 4.74 Å². The molecule has 3 aromatic carbocycles. The molecule has 128 valence electrons. The Balaban J connectivity index is 1.94. The van der Waals surface area contributed by atoms with Gasteiger partial charge >= 0.3 is 0 Å². The van der Waals surface area contributed by atoms with Crippen molar-refractivity contribution in [2.24, 2.45) is 0 Å². The summed E-state index contributed by atoms with van der Waals surface area (Å²) in [4.78, 5) is 4.81. The lowest BCUT2D eigenvalue weighted by atomic mass is 9.98. The Morgan fingerprint density at radius 2 is 1.27 bits per heavy atom. The molecule has 2 heteroatoms. The quantitative estimate of drug-likeness (QED) is 0.444. The lowest BCUT2D eigenvalue weighted by molar-refractivity contribution is 0.421. The van der Waals surface area contributed by atoms with Crippen LogP contribution in [0.15, 0.2) is 72.9 Å². The molecule has 0 atom stereocenters. The Morgan fingerprint density at radius 1 is 0.692 bits per heavy atom. The molecule has 1 aromatic heterocycles. The van der Waals surface area contributed by atoms with E-state index in [1.165, 1.54) is 16.7 Å². The second-order valence-corrected chi connectivity index (χ2v) is 6.64. The van der Waals surface area contributed by atoms with E-state index in [2.05, 4.69) is 80.6 Å². The van der Waals surface area contributed by atoms with Gasteiger partial charge in [-0.25, -0.2) is 0 Å². The fraction of sp³-hybridized carbons (Fsp3) is 0.125. The zero-order valence-corrected chi connectivity index (χ0v) is 15.3. The van der Waals surface area contributed by atoms with Gasteiger partial charge in [0.15, 0.2) is 0 Å².